The van der Waals surface area contributed by atoms with Gasteiger partial charge >= 0.3 is 5.97 Å². The van der Waals surface area contributed by atoms with E-state index < -0.39 is 54.0 Å². The first-order valence-electron chi connectivity index (χ1n) is 11.8. The second-order valence-electron chi connectivity index (χ2n) is 9.06. The number of esters is 1. The number of unbranched alkanes of at least 4 members (excludes halogenated alkanes) is 1. The van der Waals surface area contributed by atoms with Gasteiger partial charge in [0.2, 0.25) is 6.29 Å². The molecule has 2 aromatic carbocycles. The second kappa shape index (κ2) is 10.6. The number of benzene rings is 2. The topological polar surface area (TPSA) is 180 Å². The van der Waals surface area contributed by atoms with Crippen molar-refractivity contribution < 1.29 is 54.1 Å². The summed E-state index contributed by atoms with van der Waals surface area (Å²) in [5, 5.41) is 50.9. The minimum atomic E-state index is -1.65. The van der Waals surface area contributed by atoms with Crippen LogP contribution in [0.25, 0.3) is 0 Å². The molecule has 5 N–H and O–H groups in total. The fraction of sp³-hybridized carbons (Fsp3) is 0.423. The van der Waals surface area contributed by atoms with Crippen molar-refractivity contribution in [2.45, 2.75) is 63.8 Å². The number of aliphatic hydroxyl groups is 4. The van der Waals surface area contributed by atoms with E-state index in [9.17, 15) is 39.9 Å². The van der Waals surface area contributed by atoms with Crippen LogP contribution < -0.4 is 9.47 Å². The molecule has 5 atom stereocenters. The van der Waals surface area contributed by atoms with Crippen LogP contribution in [0.15, 0.2) is 24.3 Å². The van der Waals surface area contributed by atoms with Crippen LogP contribution in [-0.4, -0.2) is 80.4 Å². The molecule has 0 radical (unpaired) electrons. The fourth-order valence-electron chi connectivity index (χ4n) is 4.51. The molecule has 4 rings (SSSR count). The lowest BCUT2D eigenvalue weighted by atomic mass is 9.81. The van der Waals surface area contributed by atoms with Crippen LogP contribution in [0.4, 0.5) is 0 Å². The minimum absolute atomic E-state index is 0.0237. The number of ether oxygens (including phenoxy) is 3. The number of phenolic OH excluding ortho intramolecular Hbond substituents is 1. The van der Waals surface area contributed by atoms with Crippen molar-refractivity contribution in [2.75, 3.05) is 6.61 Å². The van der Waals surface area contributed by atoms with Gasteiger partial charge in [0.25, 0.3) is 0 Å². The first-order valence-corrected chi connectivity index (χ1v) is 11.8. The van der Waals surface area contributed by atoms with Gasteiger partial charge in [-0.3, -0.25) is 14.4 Å². The Morgan fingerprint density at radius 1 is 0.973 bits per heavy atom. The Kier molecular flexibility index (Phi) is 7.62. The predicted octanol–water partition coefficient (Wildman–Crippen LogP) is 0.614. The van der Waals surface area contributed by atoms with Gasteiger partial charge in [-0.1, -0.05) is 0 Å². The van der Waals surface area contributed by atoms with E-state index >= 15 is 0 Å². The summed E-state index contributed by atoms with van der Waals surface area (Å²) >= 11 is 0. The number of fused-ring (bicyclic) bond motifs is 2. The number of aromatic hydroxyl groups is 1. The van der Waals surface area contributed by atoms with Crippen molar-refractivity contribution in [3.05, 3.63) is 52.1 Å². The first kappa shape index (κ1) is 26.7. The molecule has 0 spiro atoms. The zero-order chi connectivity index (χ0) is 27.0. The van der Waals surface area contributed by atoms with Crippen LogP contribution >= 0.6 is 0 Å². The molecular weight excluding hydrogens is 488 g/mol. The van der Waals surface area contributed by atoms with Crippen LogP contribution in [0, 0.1) is 0 Å². The molecule has 2 aliphatic rings. The lowest BCUT2D eigenvalue weighted by Crippen LogP contribution is -2.58. The van der Waals surface area contributed by atoms with Crippen molar-refractivity contribution in [2.24, 2.45) is 0 Å². The number of hydrogen-bond acceptors (Lipinski definition) is 11. The molecule has 1 heterocycles. The number of rotatable bonds is 7. The molecule has 0 saturated carbocycles. The summed E-state index contributed by atoms with van der Waals surface area (Å²) in [5.41, 5.74) is -0.253. The summed E-state index contributed by atoms with van der Waals surface area (Å²) in [4.78, 5) is 38.1. The predicted molar refractivity (Wildman–Crippen MR) is 126 cm³/mol. The summed E-state index contributed by atoms with van der Waals surface area (Å²) in [7, 11) is 0. The standard InChI is InChI=1S/C26H28O11/c1-11-20(29)24(33)25(34)26(35-11)37-18-10-17-19(23(32)15(18)5-3-4-8-27)22(31)14-7-6-13(36-12(2)28)9-16(14)21(17)30/h6-7,9-11,20,24-27,29,32-34H,3-5,8H2,1-2H3/t11-,20+,24+,25+,26+/m0/s1. The van der Waals surface area contributed by atoms with E-state index in [0.29, 0.717) is 12.8 Å². The third-order valence-corrected chi connectivity index (χ3v) is 6.46. The zero-order valence-electron chi connectivity index (χ0n) is 20.2. The van der Waals surface area contributed by atoms with E-state index in [0.717, 1.165) is 0 Å². The number of carbonyl (C=O) groups is 3. The van der Waals surface area contributed by atoms with E-state index in [4.69, 9.17) is 14.2 Å². The number of ketones is 2. The average molecular weight is 516 g/mol. The Morgan fingerprint density at radius 2 is 1.70 bits per heavy atom. The lowest BCUT2D eigenvalue weighted by molar-refractivity contribution is -0.268. The lowest BCUT2D eigenvalue weighted by Gasteiger charge is -2.39. The van der Waals surface area contributed by atoms with E-state index in [1.165, 1.54) is 38.1 Å². The van der Waals surface area contributed by atoms with Gasteiger partial charge in [-0.25, -0.2) is 0 Å². The van der Waals surface area contributed by atoms with Gasteiger partial charge in [0.15, 0.2) is 11.6 Å². The van der Waals surface area contributed by atoms with Gasteiger partial charge in [-0.15, -0.1) is 0 Å². The molecule has 1 saturated heterocycles. The number of carbonyl (C=O) groups excluding carboxylic acids is 3. The maximum Gasteiger partial charge on any atom is 0.308 e. The highest BCUT2D eigenvalue weighted by molar-refractivity contribution is 6.29. The van der Waals surface area contributed by atoms with E-state index in [1.54, 1.807) is 0 Å². The van der Waals surface area contributed by atoms with E-state index in [1.807, 2.05) is 0 Å². The van der Waals surface area contributed by atoms with Crippen molar-refractivity contribution in [3.63, 3.8) is 0 Å². The van der Waals surface area contributed by atoms with Gasteiger partial charge in [-0.05, 0) is 50.5 Å². The smallest absolute Gasteiger partial charge is 0.308 e. The van der Waals surface area contributed by atoms with Crippen LogP contribution in [0.2, 0.25) is 0 Å². The Labute approximate surface area is 211 Å². The van der Waals surface area contributed by atoms with E-state index in [2.05, 4.69) is 0 Å². The van der Waals surface area contributed by atoms with Crippen molar-refractivity contribution in [1.82, 2.24) is 0 Å². The van der Waals surface area contributed by atoms with Crippen LogP contribution in [0.5, 0.6) is 17.2 Å². The molecule has 0 bridgehead atoms. The van der Waals surface area contributed by atoms with Gasteiger partial charge < -0.3 is 39.7 Å². The molecular formula is C26H28O11. The van der Waals surface area contributed by atoms with Crippen molar-refractivity contribution >= 4 is 17.5 Å². The van der Waals surface area contributed by atoms with Crippen molar-refractivity contribution in [3.8, 4) is 17.2 Å². The molecule has 1 aliphatic carbocycles. The zero-order valence-corrected chi connectivity index (χ0v) is 20.2. The summed E-state index contributed by atoms with van der Waals surface area (Å²) in [5.74, 6) is -2.35. The first-order chi connectivity index (χ1) is 17.5. The highest BCUT2D eigenvalue weighted by Crippen LogP contribution is 2.42. The Morgan fingerprint density at radius 3 is 2.38 bits per heavy atom. The Bertz CT molecular complexity index is 1240. The molecule has 37 heavy (non-hydrogen) atoms. The maximum absolute atomic E-state index is 13.4. The summed E-state index contributed by atoms with van der Waals surface area (Å²) < 4.78 is 16.3. The number of phenols is 1. The third kappa shape index (κ3) is 4.96. The molecule has 11 heteroatoms. The normalized spacial score (nSPS) is 24.9. The molecule has 2 aromatic rings. The van der Waals surface area contributed by atoms with Gasteiger partial charge in [0.05, 0.1) is 11.7 Å². The van der Waals surface area contributed by atoms with Gasteiger partial charge in [-0.2, -0.15) is 0 Å². The molecule has 198 valence electrons. The van der Waals surface area contributed by atoms with E-state index in [-0.39, 0.29) is 52.3 Å². The van der Waals surface area contributed by atoms with Crippen LogP contribution in [0.3, 0.4) is 0 Å². The third-order valence-electron chi connectivity index (χ3n) is 6.46. The largest absolute Gasteiger partial charge is 0.507 e. The molecule has 0 amide bonds. The Hall–Kier alpha value is -3.35. The van der Waals surface area contributed by atoms with Crippen LogP contribution in [-0.2, 0) is 16.0 Å². The number of aliphatic hydroxyl groups excluding tert-OH is 4. The van der Waals surface area contributed by atoms with Crippen molar-refractivity contribution in [1.29, 1.82) is 0 Å². The molecule has 11 nitrogen and oxygen atoms in total. The summed E-state index contributed by atoms with van der Waals surface area (Å²) in [6, 6.07) is 5.23. The van der Waals surface area contributed by atoms with Crippen LogP contribution in [0.1, 0.15) is 64.1 Å². The fourth-order valence-corrected chi connectivity index (χ4v) is 4.51. The Balaban J connectivity index is 1.79. The second-order valence-corrected chi connectivity index (χ2v) is 9.06. The molecule has 1 aliphatic heterocycles. The maximum atomic E-state index is 13.4. The summed E-state index contributed by atoms with van der Waals surface area (Å²) in [6.45, 7) is 2.56. The molecule has 1 fully saturated rings. The molecule has 0 unspecified atom stereocenters. The SMILES string of the molecule is CC(=O)Oc1ccc2c(c1)C(=O)c1cc(O[C@H]3O[C@@H](C)[C@@H](O)[C@@H](O)[C@H]3O)c(CCCCO)c(O)c1C2=O. The average Bonchev–Trinajstić information content (AvgIpc) is 2.85. The highest BCUT2D eigenvalue weighted by atomic mass is 16.7. The van der Waals surface area contributed by atoms with Gasteiger partial charge in [0.1, 0.15) is 35.6 Å². The summed E-state index contributed by atoms with van der Waals surface area (Å²) in [6.07, 6.45) is -6.02. The quantitative estimate of drug-likeness (QED) is 0.169. The highest BCUT2D eigenvalue weighted by Gasteiger charge is 2.44. The molecule has 0 aromatic heterocycles. The monoisotopic (exact) mass is 516 g/mol. The minimum Gasteiger partial charge on any atom is -0.507 e. The van der Waals surface area contributed by atoms with Gasteiger partial charge in [0, 0.05) is 35.8 Å². The number of hydrogen-bond donors (Lipinski definition) is 5.